The molecule has 1 N–H and O–H groups in total. The first-order chi connectivity index (χ1) is 5.58. The Bertz CT molecular complexity index is 161. The second kappa shape index (κ2) is 4.06. The third kappa shape index (κ3) is 2.95. The Morgan fingerprint density at radius 1 is 1.42 bits per heavy atom. The predicted molar refractivity (Wildman–Crippen MR) is 49.0 cm³/mol. The lowest BCUT2D eigenvalue weighted by Gasteiger charge is -2.27. The van der Waals surface area contributed by atoms with Crippen molar-refractivity contribution in [3.05, 3.63) is 11.6 Å². The van der Waals surface area contributed by atoms with Crippen molar-refractivity contribution in [3.63, 3.8) is 0 Å². The van der Waals surface area contributed by atoms with E-state index >= 15 is 0 Å². The molecule has 1 aliphatic heterocycles. The number of hydrogen-bond acceptors (Lipinski definition) is 2. The molecule has 1 heterocycles. The van der Waals surface area contributed by atoms with Crippen LogP contribution in [0.1, 0.15) is 33.6 Å². The van der Waals surface area contributed by atoms with Crippen LogP contribution in [0.5, 0.6) is 0 Å². The van der Waals surface area contributed by atoms with Crippen LogP contribution in [0.15, 0.2) is 11.6 Å². The maximum atomic E-state index is 9.16. The summed E-state index contributed by atoms with van der Waals surface area (Å²) >= 11 is 0. The van der Waals surface area contributed by atoms with Gasteiger partial charge in [0.2, 0.25) is 0 Å². The monoisotopic (exact) mass is 170 g/mol. The third-order valence-electron chi connectivity index (χ3n) is 2.04. The number of rotatable bonds is 1. The van der Waals surface area contributed by atoms with E-state index in [0.29, 0.717) is 12.2 Å². The number of aliphatic hydroxyl groups excluding tert-OH is 1. The van der Waals surface area contributed by atoms with E-state index in [2.05, 4.69) is 13.8 Å². The van der Waals surface area contributed by atoms with Gasteiger partial charge in [-0.2, -0.15) is 0 Å². The minimum Gasteiger partial charge on any atom is -0.389 e. The zero-order chi connectivity index (χ0) is 9.14. The normalized spacial score (nSPS) is 33.2. The maximum Gasteiger partial charge on any atom is 0.0695 e. The number of aliphatic hydroxyl groups is 1. The van der Waals surface area contributed by atoms with Crippen LogP contribution in [0.4, 0.5) is 0 Å². The van der Waals surface area contributed by atoms with E-state index < -0.39 is 0 Å². The second-order valence-electron chi connectivity index (χ2n) is 3.73. The zero-order valence-corrected chi connectivity index (χ0v) is 8.08. The fraction of sp³-hybridized carbons (Fsp3) is 0.800. The molecule has 0 aromatic carbocycles. The summed E-state index contributed by atoms with van der Waals surface area (Å²) < 4.78 is 5.58. The summed E-state index contributed by atoms with van der Waals surface area (Å²) in [5.41, 5.74) is 1.33. The molecule has 2 nitrogen and oxygen atoms in total. The average Bonchev–Trinajstić information content (AvgIpc) is 1.81. The molecular formula is C10H18O2. The van der Waals surface area contributed by atoms with Crippen LogP contribution in [-0.2, 0) is 4.74 Å². The van der Waals surface area contributed by atoms with Gasteiger partial charge in [0.05, 0.1) is 18.3 Å². The van der Waals surface area contributed by atoms with Crippen LogP contribution < -0.4 is 0 Å². The van der Waals surface area contributed by atoms with Gasteiger partial charge in [-0.15, -0.1) is 0 Å². The van der Waals surface area contributed by atoms with Gasteiger partial charge in [-0.05, 0) is 33.6 Å². The first kappa shape index (κ1) is 9.75. The van der Waals surface area contributed by atoms with Crippen LogP contribution in [0, 0.1) is 0 Å². The molecule has 0 amide bonds. The Kier molecular flexibility index (Phi) is 3.29. The van der Waals surface area contributed by atoms with Crippen molar-refractivity contribution in [3.8, 4) is 0 Å². The molecule has 70 valence electrons. The molecule has 3 unspecified atom stereocenters. The Hall–Kier alpha value is -0.340. The first-order valence-corrected chi connectivity index (χ1v) is 4.61. The van der Waals surface area contributed by atoms with Crippen molar-refractivity contribution < 1.29 is 9.84 Å². The highest BCUT2D eigenvalue weighted by molar-refractivity contribution is 5.08. The summed E-state index contributed by atoms with van der Waals surface area (Å²) in [7, 11) is 0. The lowest BCUT2D eigenvalue weighted by atomic mass is 9.98. The lowest BCUT2D eigenvalue weighted by Crippen LogP contribution is -2.24. The highest BCUT2D eigenvalue weighted by Gasteiger charge is 2.18. The van der Waals surface area contributed by atoms with Gasteiger partial charge in [-0.25, -0.2) is 0 Å². The molecule has 0 aromatic rings. The molecule has 0 aliphatic carbocycles. The SMILES string of the molecule is CC(O)C=C1CC(C)OC(C)C1. The molecule has 0 radical (unpaired) electrons. The molecule has 2 heteroatoms. The Morgan fingerprint density at radius 2 is 1.92 bits per heavy atom. The molecule has 1 saturated heterocycles. The van der Waals surface area contributed by atoms with Crippen molar-refractivity contribution >= 4 is 0 Å². The van der Waals surface area contributed by atoms with Gasteiger partial charge in [-0.3, -0.25) is 0 Å². The quantitative estimate of drug-likeness (QED) is 0.609. The molecule has 3 atom stereocenters. The van der Waals surface area contributed by atoms with Gasteiger partial charge >= 0.3 is 0 Å². The van der Waals surface area contributed by atoms with E-state index in [1.54, 1.807) is 6.92 Å². The van der Waals surface area contributed by atoms with E-state index in [-0.39, 0.29) is 6.10 Å². The van der Waals surface area contributed by atoms with Crippen molar-refractivity contribution in [2.75, 3.05) is 0 Å². The molecule has 1 aliphatic rings. The highest BCUT2D eigenvalue weighted by atomic mass is 16.5. The standard InChI is InChI=1S/C10H18O2/c1-7(11)4-10-5-8(2)12-9(3)6-10/h4,7-9,11H,5-6H2,1-3H3. The van der Waals surface area contributed by atoms with Crippen molar-refractivity contribution in [2.45, 2.75) is 51.9 Å². The zero-order valence-electron chi connectivity index (χ0n) is 8.08. The highest BCUT2D eigenvalue weighted by Crippen LogP contribution is 2.23. The molecule has 0 saturated carbocycles. The Morgan fingerprint density at radius 3 is 2.33 bits per heavy atom. The van der Waals surface area contributed by atoms with Crippen LogP contribution in [-0.4, -0.2) is 23.4 Å². The summed E-state index contributed by atoms with van der Waals surface area (Å²) in [6.07, 6.45) is 4.16. The van der Waals surface area contributed by atoms with Gasteiger partial charge in [0.25, 0.3) is 0 Å². The minimum absolute atomic E-state index is 0.304. The number of ether oxygens (including phenoxy) is 1. The summed E-state index contributed by atoms with van der Waals surface area (Å²) in [6.45, 7) is 5.94. The number of hydrogen-bond donors (Lipinski definition) is 1. The minimum atomic E-state index is -0.322. The summed E-state index contributed by atoms with van der Waals surface area (Å²) in [4.78, 5) is 0. The predicted octanol–water partition coefficient (Wildman–Crippen LogP) is 1.88. The smallest absolute Gasteiger partial charge is 0.0695 e. The largest absolute Gasteiger partial charge is 0.389 e. The topological polar surface area (TPSA) is 29.5 Å². The van der Waals surface area contributed by atoms with Crippen LogP contribution in [0.25, 0.3) is 0 Å². The van der Waals surface area contributed by atoms with E-state index in [4.69, 9.17) is 9.84 Å². The van der Waals surface area contributed by atoms with Crippen LogP contribution in [0.2, 0.25) is 0 Å². The summed E-state index contributed by atoms with van der Waals surface area (Å²) in [5, 5.41) is 9.16. The van der Waals surface area contributed by atoms with Crippen LogP contribution in [0.3, 0.4) is 0 Å². The summed E-state index contributed by atoms with van der Waals surface area (Å²) in [5.74, 6) is 0. The molecule has 1 fully saturated rings. The molecular weight excluding hydrogens is 152 g/mol. The lowest BCUT2D eigenvalue weighted by molar-refractivity contribution is -0.0107. The van der Waals surface area contributed by atoms with Gasteiger partial charge < -0.3 is 9.84 Å². The first-order valence-electron chi connectivity index (χ1n) is 4.61. The van der Waals surface area contributed by atoms with E-state index in [0.717, 1.165) is 12.8 Å². The molecule has 0 spiro atoms. The van der Waals surface area contributed by atoms with E-state index in [9.17, 15) is 0 Å². The third-order valence-corrected chi connectivity index (χ3v) is 2.04. The molecule has 12 heavy (non-hydrogen) atoms. The molecule has 1 rings (SSSR count). The van der Waals surface area contributed by atoms with Crippen molar-refractivity contribution in [1.29, 1.82) is 0 Å². The van der Waals surface area contributed by atoms with Gasteiger partial charge in [0, 0.05) is 0 Å². The maximum absolute atomic E-state index is 9.16. The van der Waals surface area contributed by atoms with Gasteiger partial charge in [0.1, 0.15) is 0 Å². The van der Waals surface area contributed by atoms with E-state index in [1.165, 1.54) is 5.57 Å². The van der Waals surface area contributed by atoms with Crippen molar-refractivity contribution in [2.24, 2.45) is 0 Å². The van der Waals surface area contributed by atoms with Gasteiger partial charge in [-0.1, -0.05) is 11.6 Å². The average molecular weight is 170 g/mol. The second-order valence-corrected chi connectivity index (χ2v) is 3.73. The van der Waals surface area contributed by atoms with Crippen molar-refractivity contribution in [1.82, 2.24) is 0 Å². The van der Waals surface area contributed by atoms with E-state index in [1.807, 2.05) is 6.08 Å². The summed E-state index contributed by atoms with van der Waals surface area (Å²) in [6, 6.07) is 0. The Balaban J connectivity index is 2.55. The Labute approximate surface area is 74.2 Å². The molecule has 0 bridgehead atoms. The van der Waals surface area contributed by atoms with Gasteiger partial charge in [0.15, 0.2) is 0 Å². The molecule has 0 aromatic heterocycles. The fourth-order valence-corrected chi connectivity index (χ4v) is 1.79. The fourth-order valence-electron chi connectivity index (χ4n) is 1.79. The van der Waals surface area contributed by atoms with Crippen LogP contribution >= 0.6 is 0 Å².